The van der Waals surface area contributed by atoms with Gasteiger partial charge in [0.25, 0.3) is 11.8 Å². The Morgan fingerprint density at radius 3 is 2.32 bits per heavy atom. The van der Waals surface area contributed by atoms with Crippen LogP contribution in [0.2, 0.25) is 10.0 Å². The number of amides is 2. The SMILES string of the molecule is BC(B)(O)Oc1cc(OC(F)(F)F)ccc1Oc1cc(Cl)cc(Cl)c1C(=O)Nc1ccnc(C(N)=O)c1. The van der Waals surface area contributed by atoms with E-state index in [1.807, 2.05) is 0 Å². The monoisotopic (exact) mass is 555 g/mol. The van der Waals surface area contributed by atoms with Crippen LogP contribution >= 0.6 is 23.2 Å². The molecule has 192 valence electrons. The summed E-state index contributed by atoms with van der Waals surface area (Å²) >= 11 is 12.3. The molecule has 4 N–H and O–H groups in total. The van der Waals surface area contributed by atoms with E-state index >= 15 is 0 Å². The highest BCUT2D eigenvalue weighted by atomic mass is 35.5. The third-order valence-corrected chi connectivity index (χ3v) is 4.76. The number of benzene rings is 2. The first-order chi connectivity index (χ1) is 17.1. The second kappa shape index (κ2) is 10.8. The van der Waals surface area contributed by atoms with Crippen LogP contribution < -0.4 is 25.3 Å². The summed E-state index contributed by atoms with van der Waals surface area (Å²) < 4.78 is 53.0. The van der Waals surface area contributed by atoms with Crippen LogP contribution in [0.3, 0.4) is 0 Å². The van der Waals surface area contributed by atoms with E-state index in [1.54, 1.807) is 0 Å². The summed E-state index contributed by atoms with van der Waals surface area (Å²) in [4.78, 5) is 28.3. The van der Waals surface area contributed by atoms with Crippen LogP contribution in [0.5, 0.6) is 23.0 Å². The number of anilines is 1. The second-order valence-electron chi connectivity index (χ2n) is 7.82. The molecule has 0 aliphatic rings. The molecular weight excluding hydrogens is 540 g/mol. The van der Waals surface area contributed by atoms with Gasteiger partial charge in [-0.15, -0.1) is 13.2 Å². The van der Waals surface area contributed by atoms with Crippen LogP contribution in [0.25, 0.3) is 0 Å². The molecule has 0 fully saturated rings. The van der Waals surface area contributed by atoms with Gasteiger partial charge in [-0.2, -0.15) is 0 Å². The average molecular weight is 556 g/mol. The van der Waals surface area contributed by atoms with Gasteiger partial charge in [-0.1, -0.05) is 23.2 Å². The third kappa shape index (κ3) is 7.94. The van der Waals surface area contributed by atoms with E-state index in [1.165, 1.54) is 46.2 Å². The topological polar surface area (TPSA) is 133 Å². The van der Waals surface area contributed by atoms with Crippen molar-refractivity contribution in [3.05, 3.63) is 70.0 Å². The van der Waals surface area contributed by atoms with Gasteiger partial charge in [0, 0.05) is 29.0 Å². The first-order valence-electron chi connectivity index (χ1n) is 10.2. The van der Waals surface area contributed by atoms with Gasteiger partial charge in [0.05, 0.1) is 5.02 Å². The van der Waals surface area contributed by atoms with Gasteiger partial charge in [-0.3, -0.25) is 14.6 Å². The Labute approximate surface area is 219 Å². The van der Waals surface area contributed by atoms with Crippen LogP contribution in [-0.4, -0.2) is 49.5 Å². The maximum Gasteiger partial charge on any atom is 0.573 e. The Balaban J connectivity index is 2.01. The summed E-state index contributed by atoms with van der Waals surface area (Å²) in [6.07, 6.45) is -3.73. The quantitative estimate of drug-likeness (QED) is 0.287. The van der Waals surface area contributed by atoms with E-state index in [2.05, 4.69) is 15.0 Å². The largest absolute Gasteiger partial charge is 0.573 e. The second-order valence-corrected chi connectivity index (χ2v) is 8.66. The van der Waals surface area contributed by atoms with Crippen molar-refractivity contribution >= 4 is 56.4 Å². The van der Waals surface area contributed by atoms with Gasteiger partial charge >= 0.3 is 6.36 Å². The number of primary amides is 1. The number of nitrogens with zero attached hydrogens (tertiary/aromatic N) is 1. The van der Waals surface area contributed by atoms with Gasteiger partial charge < -0.3 is 30.4 Å². The highest BCUT2D eigenvalue weighted by molar-refractivity contribution is 6.38. The van der Waals surface area contributed by atoms with Crippen molar-refractivity contribution in [1.29, 1.82) is 0 Å². The fraction of sp³-hybridized carbons (Fsp3) is 0.0952. The number of nitrogens with two attached hydrogens (primary N) is 1. The van der Waals surface area contributed by atoms with Gasteiger partial charge in [0.2, 0.25) is 0 Å². The molecular formula is C21H16B2Cl2F3N3O6. The number of ether oxygens (including phenoxy) is 3. The lowest BCUT2D eigenvalue weighted by atomic mass is 9.76. The molecule has 2 aromatic carbocycles. The van der Waals surface area contributed by atoms with Gasteiger partial charge in [0.15, 0.2) is 27.2 Å². The highest BCUT2D eigenvalue weighted by Gasteiger charge is 2.32. The molecule has 2 amide bonds. The van der Waals surface area contributed by atoms with Crippen molar-refractivity contribution in [2.45, 2.75) is 11.9 Å². The number of carbonyl (C=O) groups is 2. The standard InChI is InChI=1S/C21H16B2Cl2F3N3O6/c22-20(23,34)37-15-8-11(36-21(26,27)28)1-2-14(15)35-16-6-9(24)5-12(25)17(16)19(33)31-10-3-4-30-13(7-10)18(29)32/h1-8,34H,22-23H2,(H2,29,32)(H,30,31,33). The Morgan fingerprint density at radius 1 is 1.00 bits per heavy atom. The van der Waals surface area contributed by atoms with E-state index in [9.17, 15) is 27.9 Å². The highest BCUT2D eigenvalue weighted by Crippen LogP contribution is 2.41. The molecule has 1 aromatic heterocycles. The number of hydrogen-bond donors (Lipinski definition) is 3. The fourth-order valence-corrected chi connectivity index (χ4v) is 3.49. The maximum atomic E-state index is 13.1. The van der Waals surface area contributed by atoms with Crippen LogP contribution in [0.4, 0.5) is 18.9 Å². The lowest BCUT2D eigenvalue weighted by Gasteiger charge is -2.23. The number of nitrogens with one attached hydrogen (secondary N) is 1. The first kappa shape index (κ1) is 28.0. The van der Waals surface area contributed by atoms with E-state index in [4.69, 9.17) is 38.4 Å². The van der Waals surface area contributed by atoms with E-state index in [0.717, 1.165) is 18.2 Å². The fourth-order valence-electron chi connectivity index (χ4n) is 2.92. The van der Waals surface area contributed by atoms with E-state index in [0.29, 0.717) is 0 Å². The molecule has 1 heterocycles. The Bertz CT molecular complexity index is 1360. The van der Waals surface area contributed by atoms with E-state index < -0.39 is 29.5 Å². The molecule has 0 spiro atoms. The number of rotatable bonds is 8. The van der Waals surface area contributed by atoms with Crippen molar-refractivity contribution in [3.63, 3.8) is 0 Å². The molecule has 0 radical (unpaired) electrons. The molecule has 9 nitrogen and oxygen atoms in total. The molecule has 0 bridgehead atoms. The number of aromatic nitrogens is 1. The first-order valence-corrected chi connectivity index (χ1v) is 10.9. The van der Waals surface area contributed by atoms with Crippen LogP contribution in [0.15, 0.2) is 48.7 Å². The summed E-state index contributed by atoms with van der Waals surface area (Å²) in [5.41, 5.74) is 3.21. The van der Waals surface area contributed by atoms with Crippen LogP contribution in [-0.2, 0) is 0 Å². The van der Waals surface area contributed by atoms with E-state index in [-0.39, 0.29) is 44.2 Å². The average Bonchev–Trinajstić information content (AvgIpc) is 2.73. The van der Waals surface area contributed by atoms with Crippen molar-refractivity contribution < 1.29 is 42.1 Å². The normalized spacial score (nSPS) is 11.5. The summed E-state index contributed by atoms with van der Waals surface area (Å²) in [6, 6.07) is 7.98. The van der Waals surface area contributed by atoms with Crippen molar-refractivity contribution in [2.75, 3.05) is 5.32 Å². The number of hydrogen-bond acceptors (Lipinski definition) is 7. The van der Waals surface area contributed by atoms with Gasteiger partial charge in [0.1, 0.15) is 28.3 Å². The zero-order chi connectivity index (χ0) is 27.5. The van der Waals surface area contributed by atoms with Crippen molar-refractivity contribution in [1.82, 2.24) is 4.98 Å². The predicted octanol–water partition coefficient (Wildman–Crippen LogP) is 2.68. The summed E-state index contributed by atoms with van der Waals surface area (Å²) in [6.45, 7) is 0. The Hall–Kier alpha value is -3.61. The molecule has 0 unspecified atom stereocenters. The molecule has 0 aliphatic heterocycles. The molecule has 3 rings (SSSR count). The minimum absolute atomic E-state index is 0.0680. The molecule has 0 atom stereocenters. The summed E-state index contributed by atoms with van der Waals surface area (Å²) in [7, 11) is 2.47. The zero-order valence-electron chi connectivity index (χ0n) is 19.0. The predicted molar refractivity (Wildman–Crippen MR) is 133 cm³/mol. The Morgan fingerprint density at radius 2 is 1.70 bits per heavy atom. The van der Waals surface area contributed by atoms with Gasteiger partial charge in [-0.25, -0.2) is 0 Å². The lowest BCUT2D eigenvalue weighted by Crippen LogP contribution is -2.36. The molecule has 3 aromatic rings. The summed E-state index contributed by atoms with van der Waals surface area (Å²) in [5, 5.41) is 12.5. The maximum absolute atomic E-state index is 13.1. The molecule has 16 heteroatoms. The lowest BCUT2D eigenvalue weighted by molar-refractivity contribution is -0.274. The number of pyridine rings is 1. The summed E-state index contributed by atoms with van der Waals surface area (Å²) in [5.74, 6) is -3.02. The zero-order valence-corrected chi connectivity index (χ0v) is 20.5. The number of halogens is 5. The number of carbonyl (C=O) groups excluding carboxylic acids is 2. The molecule has 0 saturated heterocycles. The number of alkyl halides is 3. The molecule has 37 heavy (non-hydrogen) atoms. The third-order valence-electron chi connectivity index (χ3n) is 4.24. The smallest absolute Gasteiger partial charge is 0.476 e. The minimum Gasteiger partial charge on any atom is -0.476 e. The number of aliphatic hydroxyl groups is 1. The molecule has 0 aliphatic carbocycles. The van der Waals surface area contributed by atoms with Crippen LogP contribution in [0, 0.1) is 0 Å². The Kier molecular flexibility index (Phi) is 8.16. The van der Waals surface area contributed by atoms with Crippen molar-refractivity contribution in [3.8, 4) is 23.0 Å². The van der Waals surface area contributed by atoms with Crippen LogP contribution in [0.1, 0.15) is 20.8 Å². The molecule has 0 saturated carbocycles. The minimum atomic E-state index is -4.98. The van der Waals surface area contributed by atoms with Crippen molar-refractivity contribution in [2.24, 2.45) is 5.73 Å². The van der Waals surface area contributed by atoms with Gasteiger partial charge in [-0.05, 0) is 30.3 Å².